The van der Waals surface area contributed by atoms with Crippen LogP contribution in [0.1, 0.15) is 11.1 Å². The number of hydrogen-bond acceptors (Lipinski definition) is 5. The first-order valence-electron chi connectivity index (χ1n) is 10.5. The number of nitrogens with zero attached hydrogens (tertiary/aromatic N) is 2. The van der Waals surface area contributed by atoms with Crippen LogP contribution in [0, 0.1) is 6.92 Å². The Morgan fingerprint density at radius 3 is 2.59 bits per heavy atom. The summed E-state index contributed by atoms with van der Waals surface area (Å²) >= 11 is 11.1. The third-order valence-electron chi connectivity index (χ3n) is 5.95. The van der Waals surface area contributed by atoms with Gasteiger partial charge in [-0.2, -0.15) is 0 Å². The summed E-state index contributed by atoms with van der Waals surface area (Å²) in [6.45, 7) is 2.66. The molecule has 0 radical (unpaired) electrons. The maximum atomic E-state index is 13.4. The number of aryl methyl sites for hydroxylation is 1. The van der Waals surface area contributed by atoms with Gasteiger partial charge in [0, 0.05) is 33.8 Å². The van der Waals surface area contributed by atoms with Crippen molar-refractivity contribution in [3.8, 4) is 11.3 Å². The first-order valence-corrected chi connectivity index (χ1v) is 11.4. The van der Waals surface area contributed by atoms with E-state index in [0.29, 0.717) is 16.3 Å². The van der Waals surface area contributed by atoms with E-state index in [-0.39, 0.29) is 11.2 Å². The standard InChI is InChI=1S/C26H22ClN3OS/c1-16-20-12-11-19(27)15-21(20)23(18-8-3-2-4-9-18)28-25(24(16)31)29-26(32)30-14-13-17-7-5-6-10-22(17)30/h2-12,15,26,32H,13-14H2,1H3,(H,28,29,31). The summed E-state index contributed by atoms with van der Waals surface area (Å²) in [6, 6.07) is 23.7. The molecule has 6 heteroatoms. The summed E-state index contributed by atoms with van der Waals surface area (Å²) in [6.07, 6.45) is 0.950. The Labute approximate surface area is 197 Å². The van der Waals surface area contributed by atoms with Gasteiger partial charge in [-0.15, -0.1) is 12.6 Å². The van der Waals surface area contributed by atoms with Crippen LogP contribution in [-0.2, 0) is 6.42 Å². The highest BCUT2D eigenvalue weighted by Gasteiger charge is 2.25. The van der Waals surface area contributed by atoms with Crippen molar-refractivity contribution in [2.24, 2.45) is 0 Å². The van der Waals surface area contributed by atoms with E-state index < -0.39 is 5.50 Å². The zero-order valence-electron chi connectivity index (χ0n) is 17.5. The van der Waals surface area contributed by atoms with Gasteiger partial charge in [0.25, 0.3) is 0 Å². The van der Waals surface area contributed by atoms with Crippen LogP contribution in [0.3, 0.4) is 0 Å². The molecule has 0 saturated carbocycles. The zero-order valence-corrected chi connectivity index (χ0v) is 19.2. The maximum absolute atomic E-state index is 13.4. The largest absolute Gasteiger partial charge is 0.342 e. The Bertz CT molecular complexity index is 1380. The minimum Gasteiger partial charge on any atom is -0.342 e. The van der Waals surface area contributed by atoms with E-state index in [4.69, 9.17) is 29.2 Å². The molecule has 160 valence electrons. The molecule has 3 aromatic carbocycles. The smallest absolute Gasteiger partial charge is 0.224 e. The fourth-order valence-corrected chi connectivity index (χ4v) is 4.83. The molecule has 4 nitrogen and oxygen atoms in total. The molecule has 1 aromatic heterocycles. The number of rotatable bonds is 4. The Kier molecular flexibility index (Phi) is 5.53. The summed E-state index contributed by atoms with van der Waals surface area (Å²) in [5, 5.41) is 5.56. The first-order chi connectivity index (χ1) is 15.5. The second-order valence-electron chi connectivity index (χ2n) is 7.91. The number of thiol groups is 1. The molecular weight excluding hydrogens is 438 g/mol. The lowest BCUT2D eigenvalue weighted by molar-refractivity contribution is 0.836. The topological polar surface area (TPSA) is 45.2 Å². The van der Waals surface area contributed by atoms with Crippen molar-refractivity contribution in [2.45, 2.75) is 18.8 Å². The van der Waals surface area contributed by atoms with E-state index in [1.165, 1.54) is 5.56 Å². The minimum atomic E-state index is -0.393. The summed E-state index contributed by atoms with van der Waals surface area (Å²) < 4.78 is 0. The normalized spacial score (nSPS) is 13.8. The summed E-state index contributed by atoms with van der Waals surface area (Å²) in [5.74, 6) is 0.276. The Hall–Kier alpha value is -3.02. The fraction of sp³-hybridized carbons (Fsp3) is 0.154. The number of anilines is 2. The van der Waals surface area contributed by atoms with E-state index in [1.54, 1.807) is 6.07 Å². The van der Waals surface area contributed by atoms with Crippen LogP contribution < -0.4 is 15.6 Å². The van der Waals surface area contributed by atoms with Gasteiger partial charge in [0.15, 0.2) is 5.82 Å². The van der Waals surface area contributed by atoms with E-state index in [0.717, 1.165) is 35.0 Å². The maximum Gasteiger partial charge on any atom is 0.224 e. The van der Waals surface area contributed by atoms with Crippen LogP contribution in [0.25, 0.3) is 22.0 Å². The van der Waals surface area contributed by atoms with Crippen LogP contribution in [0.4, 0.5) is 11.5 Å². The van der Waals surface area contributed by atoms with Crippen LogP contribution in [0.5, 0.6) is 0 Å². The van der Waals surface area contributed by atoms with Crippen molar-refractivity contribution in [1.82, 2.24) is 4.98 Å². The van der Waals surface area contributed by atoms with Crippen LogP contribution >= 0.6 is 24.2 Å². The zero-order chi connectivity index (χ0) is 22.2. The van der Waals surface area contributed by atoms with Crippen molar-refractivity contribution in [3.63, 3.8) is 0 Å². The predicted molar refractivity (Wildman–Crippen MR) is 137 cm³/mol. The molecule has 1 aliphatic rings. The van der Waals surface area contributed by atoms with E-state index >= 15 is 0 Å². The predicted octanol–water partition coefficient (Wildman–Crippen LogP) is 5.91. The monoisotopic (exact) mass is 459 g/mol. The highest BCUT2D eigenvalue weighted by atomic mass is 35.5. The Balaban J connectivity index is 1.66. The van der Waals surface area contributed by atoms with Gasteiger partial charge in [0.05, 0.1) is 5.69 Å². The molecule has 5 rings (SSSR count). The lowest BCUT2D eigenvalue weighted by Crippen LogP contribution is -2.37. The number of fused-ring (bicyclic) bond motifs is 2. The van der Waals surface area contributed by atoms with E-state index in [1.807, 2.05) is 61.5 Å². The van der Waals surface area contributed by atoms with Gasteiger partial charge in [-0.25, -0.2) is 4.98 Å². The van der Waals surface area contributed by atoms with Crippen molar-refractivity contribution in [2.75, 3.05) is 16.8 Å². The number of aromatic nitrogens is 1. The molecule has 1 atom stereocenters. The number of halogens is 1. The molecule has 4 aromatic rings. The third kappa shape index (κ3) is 3.72. The van der Waals surface area contributed by atoms with Crippen LogP contribution in [-0.4, -0.2) is 17.0 Å². The highest BCUT2D eigenvalue weighted by molar-refractivity contribution is 7.81. The summed E-state index contributed by atoms with van der Waals surface area (Å²) in [7, 11) is 0. The molecule has 0 fully saturated rings. The second-order valence-corrected chi connectivity index (χ2v) is 8.83. The number of para-hydroxylation sites is 1. The average Bonchev–Trinajstić information content (AvgIpc) is 3.22. The average molecular weight is 460 g/mol. The molecule has 1 unspecified atom stereocenters. The molecule has 0 aliphatic carbocycles. The van der Waals surface area contributed by atoms with Crippen molar-refractivity contribution < 1.29 is 0 Å². The molecule has 0 spiro atoms. The van der Waals surface area contributed by atoms with Gasteiger partial charge in [0.2, 0.25) is 5.43 Å². The first kappa shape index (κ1) is 20.9. The molecule has 0 saturated heterocycles. The molecule has 0 bridgehead atoms. The number of nitrogens with one attached hydrogen (secondary N) is 1. The SMILES string of the molecule is Cc1c(=O)c(NC(S)N2CCc3ccccc32)nc(-c2ccccc2)c2cc(Cl)ccc12. The minimum absolute atomic E-state index is 0.147. The second kappa shape index (κ2) is 8.49. The Morgan fingerprint density at radius 1 is 1.03 bits per heavy atom. The van der Waals surface area contributed by atoms with Gasteiger partial charge >= 0.3 is 0 Å². The van der Waals surface area contributed by atoms with Gasteiger partial charge in [0.1, 0.15) is 5.50 Å². The fourth-order valence-electron chi connectivity index (χ4n) is 4.29. The quantitative estimate of drug-likeness (QED) is 0.294. The van der Waals surface area contributed by atoms with Crippen molar-refractivity contribution in [3.05, 3.63) is 99.2 Å². The van der Waals surface area contributed by atoms with E-state index in [9.17, 15) is 4.79 Å². The molecule has 2 heterocycles. The van der Waals surface area contributed by atoms with E-state index in [2.05, 4.69) is 22.3 Å². The highest BCUT2D eigenvalue weighted by Crippen LogP contribution is 2.32. The molecule has 1 aliphatic heterocycles. The third-order valence-corrected chi connectivity index (χ3v) is 6.59. The molecular formula is C26H22ClN3OS. The molecule has 1 N–H and O–H groups in total. The number of hydrogen-bond donors (Lipinski definition) is 2. The summed E-state index contributed by atoms with van der Waals surface area (Å²) in [4.78, 5) is 20.4. The van der Waals surface area contributed by atoms with Gasteiger partial charge in [-0.1, -0.05) is 66.2 Å². The molecule has 0 amide bonds. The molecule has 32 heavy (non-hydrogen) atoms. The van der Waals surface area contributed by atoms with Crippen LogP contribution in [0.2, 0.25) is 5.02 Å². The van der Waals surface area contributed by atoms with Crippen LogP contribution in [0.15, 0.2) is 77.6 Å². The van der Waals surface area contributed by atoms with Gasteiger partial charge in [-0.3, -0.25) is 4.79 Å². The summed E-state index contributed by atoms with van der Waals surface area (Å²) in [5.41, 5.74) is 4.12. The lowest BCUT2D eigenvalue weighted by Gasteiger charge is -2.27. The van der Waals surface area contributed by atoms with Crippen molar-refractivity contribution in [1.29, 1.82) is 0 Å². The van der Waals surface area contributed by atoms with Crippen molar-refractivity contribution >= 4 is 46.5 Å². The van der Waals surface area contributed by atoms with Gasteiger partial charge < -0.3 is 10.2 Å². The number of benzene rings is 3. The lowest BCUT2D eigenvalue weighted by atomic mass is 10.0. The van der Waals surface area contributed by atoms with Gasteiger partial charge in [-0.05, 0) is 42.5 Å². The Morgan fingerprint density at radius 2 is 1.78 bits per heavy atom.